The van der Waals surface area contributed by atoms with Crippen molar-refractivity contribution in [2.45, 2.75) is 12.8 Å². The lowest BCUT2D eigenvalue weighted by Crippen LogP contribution is -2.41. The van der Waals surface area contributed by atoms with Gasteiger partial charge in [0.2, 0.25) is 5.89 Å². The van der Waals surface area contributed by atoms with Crippen molar-refractivity contribution in [1.82, 2.24) is 15.6 Å². The minimum absolute atomic E-state index is 0.268. The summed E-state index contributed by atoms with van der Waals surface area (Å²) in [5.74, 6) is 1.09. The van der Waals surface area contributed by atoms with Crippen molar-refractivity contribution in [1.29, 1.82) is 0 Å². The molecule has 6 heteroatoms. The van der Waals surface area contributed by atoms with Gasteiger partial charge in [-0.05, 0) is 30.7 Å². The highest BCUT2D eigenvalue weighted by atomic mass is 19.1. The first kappa shape index (κ1) is 13.6. The summed E-state index contributed by atoms with van der Waals surface area (Å²) in [5.41, 5.74) is 1.63. The molecule has 1 aliphatic rings. The maximum atomic E-state index is 12.9. The van der Waals surface area contributed by atoms with Crippen molar-refractivity contribution < 1.29 is 8.81 Å². The second kappa shape index (κ2) is 6.39. The van der Waals surface area contributed by atoms with Gasteiger partial charge in [0.15, 0.2) is 5.96 Å². The van der Waals surface area contributed by atoms with E-state index in [-0.39, 0.29) is 5.82 Å². The van der Waals surface area contributed by atoms with Crippen molar-refractivity contribution in [2.24, 2.45) is 4.99 Å². The molecule has 0 radical (unpaired) electrons. The number of aliphatic imine (C=N–C) groups is 1. The van der Waals surface area contributed by atoms with Crippen LogP contribution in [0.3, 0.4) is 0 Å². The molecule has 1 aliphatic heterocycles. The van der Waals surface area contributed by atoms with Crippen LogP contribution in [0, 0.1) is 5.82 Å². The van der Waals surface area contributed by atoms with Crippen LogP contribution in [0.2, 0.25) is 0 Å². The Hall–Kier alpha value is -2.37. The van der Waals surface area contributed by atoms with E-state index in [1.807, 2.05) is 0 Å². The molecule has 0 fully saturated rings. The average molecular weight is 288 g/mol. The van der Waals surface area contributed by atoms with E-state index in [0.29, 0.717) is 5.89 Å². The zero-order chi connectivity index (χ0) is 14.5. The molecule has 21 heavy (non-hydrogen) atoms. The molecule has 0 spiro atoms. The van der Waals surface area contributed by atoms with E-state index >= 15 is 0 Å². The van der Waals surface area contributed by atoms with Gasteiger partial charge >= 0.3 is 0 Å². The smallest absolute Gasteiger partial charge is 0.226 e. The average Bonchev–Trinajstić information content (AvgIpc) is 2.98. The molecule has 110 valence electrons. The molecule has 2 heterocycles. The number of guanidine groups is 1. The zero-order valence-corrected chi connectivity index (χ0v) is 11.6. The number of oxazole rings is 1. The molecular formula is C15H17FN4O. The van der Waals surface area contributed by atoms with Gasteiger partial charge in [0.1, 0.15) is 12.1 Å². The van der Waals surface area contributed by atoms with Crippen LogP contribution in [0.15, 0.2) is 39.9 Å². The largest absolute Gasteiger partial charge is 0.444 e. The van der Waals surface area contributed by atoms with E-state index in [1.165, 1.54) is 12.1 Å². The first-order chi connectivity index (χ1) is 10.3. The van der Waals surface area contributed by atoms with Crippen molar-refractivity contribution in [2.75, 3.05) is 19.6 Å². The van der Waals surface area contributed by atoms with Crippen LogP contribution in [0.1, 0.15) is 12.1 Å². The van der Waals surface area contributed by atoms with Gasteiger partial charge in [-0.25, -0.2) is 9.37 Å². The second-order valence-electron chi connectivity index (χ2n) is 4.84. The summed E-state index contributed by atoms with van der Waals surface area (Å²) >= 11 is 0. The van der Waals surface area contributed by atoms with Crippen LogP contribution in [0.25, 0.3) is 11.5 Å². The molecule has 1 aromatic carbocycles. The number of nitrogens with one attached hydrogen (secondary N) is 2. The summed E-state index contributed by atoms with van der Waals surface area (Å²) in [5, 5.41) is 6.44. The third-order valence-corrected chi connectivity index (χ3v) is 3.21. The first-order valence-corrected chi connectivity index (χ1v) is 7.04. The molecule has 0 bridgehead atoms. The highest BCUT2D eigenvalue weighted by Gasteiger charge is 2.08. The van der Waals surface area contributed by atoms with E-state index in [2.05, 4.69) is 20.6 Å². The van der Waals surface area contributed by atoms with Crippen LogP contribution in [-0.4, -0.2) is 30.6 Å². The van der Waals surface area contributed by atoms with Gasteiger partial charge < -0.3 is 15.1 Å². The second-order valence-corrected chi connectivity index (χ2v) is 4.84. The molecular weight excluding hydrogens is 271 g/mol. The SMILES string of the molecule is Fc1ccc(-c2nc(CCNC3=NCCCN3)co2)cc1. The van der Waals surface area contributed by atoms with E-state index in [0.717, 1.165) is 49.7 Å². The van der Waals surface area contributed by atoms with Crippen LogP contribution in [0.4, 0.5) is 4.39 Å². The van der Waals surface area contributed by atoms with Crippen molar-refractivity contribution in [3.8, 4) is 11.5 Å². The fourth-order valence-electron chi connectivity index (χ4n) is 2.11. The number of rotatable bonds is 4. The Morgan fingerprint density at radius 3 is 2.90 bits per heavy atom. The van der Waals surface area contributed by atoms with E-state index < -0.39 is 0 Å². The molecule has 0 saturated carbocycles. The molecule has 3 rings (SSSR count). The topological polar surface area (TPSA) is 62.5 Å². The molecule has 5 nitrogen and oxygen atoms in total. The van der Waals surface area contributed by atoms with Gasteiger partial charge in [0.25, 0.3) is 0 Å². The lowest BCUT2D eigenvalue weighted by molar-refractivity contribution is 0.571. The summed E-state index contributed by atoms with van der Waals surface area (Å²) < 4.78 is 18.3. The van der Waals surface area contributed by atoms with Gasteiger partial charge in [-0.2, -0.15) is 0 Å². The Labute approximate surface area is 122 Å². The summed E-state index contributed by atoms with van der Waals surface area (Å²) in [6.45, 7) is 2.57. The standard InChI is InChI=1S/C15H17FN4O/c16-12-4-2-11(3-5-12)14-20-13(10-21-14)6-9-19-15-17-7-1-8-18-15/h2-5,10H,1,6-9H2,(H2,17,18,19). The molecule has 2 aromatic rings. The van der Waals surface area contributed by atoms with Gasteiger partial charge in [-0.15, -0.1) is 0 Å². The molecule has 1 aromatic heterocycles. The molecule has 0 aliphatic carbocycles. The molecule has 2 N–H and O–H groups in total. The monoisotopic (exact) mass is 288 g/mol. The predicted octanol–water partition coefficient (Wildman–Crippen LogP) is 1.96. The fraction of sp³-hybridized carbons (Fsp3) is 0.333. The third kappa shape index (κ3) is 3.59. The van der Waals surface area contributed by atoms with Gasteiger partial charge in [-0.1, -0.05) is 0 Å². The predicted molar refractivity (Wildman–Crippen MR) is 78.5 cm³/mol. The van der Waals surface area contributed by atoms with Crippen LogP contribution < -0.4 is 10.6 Å². The van der Waals surface area contributed by atoms with Crippen LogP contribution in [-0.2, 0) is 6.42 Å². The Kier molecular flexibility index (Phi) is 4.14. The summed E-state index contributed by atoms with van der Waals surface area (Å²) in [6.07, 6.45) is 3.46. The molecule has 0 saturated heterocycles. The number of hydrogen-bond donors (Lipinski definition) is 2. The fourth-order valence-corrected chi connectivity index (χ4v) is 2.11. The van der Waals surface area contributed by atoms with E-state index in [4.69, 9.17) is 4.42 Å². The Bertz CT molecular complexity index is 621. The Morgan fingerprint density at radius 2 is 2.14 bits per heavy atom. The van der Waals surface area contributed by atoms with Crippen molar-refractivity contribution in [3.05, 3.63) is 42.0 Å². The summed E-state index contributed by atoms with van der Waals surface area (Å²) in [4.78, 5) is 8.74. The number of aromatic nitrogens is 1. The summed E-state index contributed by atoms with van der Waals surface area (Å²) in [7, 11) is 0. The Balaban J connectivity index is 1.55. The molecule has 0 unspecified atom stereocenters. The third-order valence-electron chi connectivity index (χ3n) is 3.21. The quantitative estimate of drug-likeness (QED) is 0.903. The number of halogens is 1. The molecule has 0 amide bonds. The van der Waals surface area contributed by atoms with Crippen molar-refractivity contribution >= 4 is 5.96 Å². The lowest BCUT2D eigenvalue weighted by Gasteiger charge is -2.15. The Morgan fingerprint density at radius 1 is 1.29 bits per heavy atom. The minimum atomic E-state index is -0.268. The highest BCUT2D eigenvalue weighted by molar-refractivity contribution is 5.80. The van der Waals surface area contributed by atoms with Gasteiger partial charge in [0.05, 0.1) is 5.69 Å². The van der Waals surface area contributed by atoms with E-state index in [9.17, 15) is 4.39 Å². The first-order valence-electron chi connectivity index (χ1n) is 7.04. The van der Waals surface area contributed by atoms with E-state index in [1.54, 1.807) is 18.4 Å². The van der Waals surface area contributed by atoms with Gasteiger partial charge in [-0.3, -0.25) is 4.99 Å². The van der Waals surface area contributed by atoms with Gasteiger partial charge in [0, 0.05) is 31.6 Å². The highest BCUT2D eigenvalue weighted by Crippen LogP contribution is 2.18. The van der Waals surface area contributed by atoms with Crippen LogP contribution >= 0.6 is 0 Å². The zero-order valence-electron chi connectivity index (χ0n) is 11.6. The number of hydrogen-bond acceptors (Lipinski definition) is 5. The normalized spacial score (nSPS) is 14.4. The summed E-state index contributed by atoms with van der Waals surface area (Å²) in [6, 6.07) is 6.11. The maximum Gasteiger partial charge on any atom is 0.226 e. The van der Waals surface area contributed by atoms with Crippen LogP contribution in [0.5, 0.6) is 0 Å². The molecule has 0 atom stereocenters. The minimum Gasteiger partial charge on any atom is -0.444 e. The van der Waals surface area contributed by atoms with Crippen molar-refractivity contribution in [3.63, 3.8) is 0 Å². The number of benzene rings is 1. The maximum absolute atomic E-state index is 12.9. The number of nitrogens with zero attached hydrogens (tertiary/aromatic N) is 2. The lowest BCUT2D eigenvalue weighted by atomic mass is 10.2.